The number of aromatic amines is 2. The first kappa shape index (κ1) is 21.1. The molecule has 0 saturated heterocycles. The van der Waals surface area contributed by atoms with Crippen LogP contribution in [0.1, 0.15) is 36.9 Å². The van der Waals surface area contributed by atoms with Gasteiger partial charge in [-0.05, 0) is 42.8 Å². The number of aromatic nitrogens is 4. The molecule has 4 aromatic rings. The molecular weight excluding hydrogens is 436 g/mol. The molecule has 0 fully saturated rings. The molecule has 162 valence electrons. The average Bonchev–Trinajstić information content (AvgIpc) is 3.41. The van der Waals surface area contributed by atoms with Crippen LogP contribution in [0.4, 0.5) is 11.6 Å². The molecule has 2 amide bonds. The second kappa shape index (κ2) is 8.52. The summed E-state index contributed by atoms with van der Waals surface area (Å²) in [7, 11) is 1.29. The monoisotopic (exact) mass is 452 g/mol. The number of hydrogen-bond donors (Lipinski definition) is 4. The number of rotatable bonds is 5. The normalized spacial score (nSPS) is 10.7. The molecule has 2 aromatic carbocycles. The van der Waals surface area contributed by atoms with Crippen molar-refractivity contribution in [3.63, 3.8) is 0 Å². The third kappa shape index (κ3) is 4.16. The first-order valence-corrected chi connectivity index (χ1v) is 9.74. The van der Waals surface area contributed by atoms with E-state index < -0.39 is 17.8 Å². The molecule has 4 rings (SSSR count). The Kier molecular flexibility index (Phi) is 5.61. The fourth-order valence-corrected chi connectivity index (χ4v) is 3.21. The molecule has 0 aliphatic heterocycles. The van der Waals surface area contributed by atoms with Crippen LogP contribution in [0, 0.1) is 6.92 Å². The highest BCUT2D eigenvalue weighted by Crippen LogP contribution is 2.21. The SMILES string of the molecule is COC(=O)c1ccc2nc(NC(=O)c3[nH]cnc3C(=O)Nc3cc(Cl)ccc3C)[nH]c2c1. The lowest BCUT2D eigenvalue weighted by Gasteiger charge is -2.08. The molecule has 11 heteroatoms. The number of ether oxygens (including phenoxy) is 1. The van der Waals surface area contributed by atoms with Crippen molar-refractivity contribution in [1.29, 1.82) is 0 Å². The maximum absolute atomic E-state index is 12.8. The van der Waals surface area contributed by atoms with Crippen molar-refractivity contribution in [2.24, 2.45) is 0 Å². The topological polar surface area (TPSA) is 142 Å². The maximum Gasteiger partial charge on any atom is 0.337 e. The standard InChI is InChI=1S/C21H17ClN6O4/c1-10-3-5-12(22)8-14(10)25-18(29)16-17(24-9-23-16)19(30)28-21-26-13-6-4-11(20(31)32-2)7-15(13)27-21/h3-9H,1-2H3,(H,23,24)(H,25,29)(H2,26,27,28,30). The summed E-state index contributed by atoms with van der Waals surface area (Å²) in [5.74, 6) is -1.55. The Bertz CT molecular complexity index is 1360. The van der Waals surface area contributed by atoms with Crippen molar-refractivity contribution >= 4 is 52.1 Å². The summed E-state index contributed by atoms with van der Waals surface area (Å²) in [5.41, 5.74) is 2.58. The lowest BCUT2D eigenvalue weighted by atomic mass is 10.2. The van der Waals surface area contributed by atoms with E-state index in [1.54, 1.807) is 36.4 Å². The second-order valence-electron chi connectivity index (χ2n) is 6.80. The van der Waals surface area contributed by atoms with Gasteiger partial charge >= 0.3 is 5.97 Å². The molecule has 0 bridgehead atoms. The van der Waals surface area contributed by atoms with Crippen LogP contribution in [0.25, 0.3) is 11.0 Å². The van der Waals surface area contributed by atoms with E-state index in [0.717, 1.165) is 5.56 Å². The van der Waals surface area contributed by atoms with Gasteiger partial charge in [0.2, 0.25) is 5.95 Å². The number of carbonyl (C=O) groups is 3. The van der Waals surface area contributed by atoms with Gasteiger partial charge in [-0.15, -0.1) is 0 Å². The molecule has 0 saturated carbocycles. The number of methoxy groups -OCH3 is 1. The zero-order valence-electron chi connectivity index (χ0n) is 16.9. The number of anilines is 2. The number of esters is 1. The van der Waals surface area contributed by atoms with E-state index in [4.69, 9.17) is 16.3 Å². The number of hydrogen-bond acceptors (Lipinski definition) is 6. The second-order valence-corrected chi connectivity index (χ2v) is 7.24. The van der Waals surface area contributed by atoms with Crippen molar-refractivity contribution in [2.75, 3.05) is 17.7 Å². The number of H-pyrrole nitrogens is 2. The number of benzene rings is 2. The minimum atomic E-state index is -0.622. The van der Waals surface area contributed by atoms with Crippen LogP contribution in [0.15, 0.2) is 42.7 Å². The summed E-state index contributed by atoms with van der Waals surface area (Å²) in [6, 6.07) is 9.83. The van der Waals surface area contributed by atoms with Gasteiger partial charge in [-0.2, -0.15) is 0 Å². The summed E-state index contributed by atoms with van der Waals surface area (Å²) in [4.78, 5) is 51.0. The Morgan fingerprint density at radius 1 is 1.06 bits per heavy atom. The van der Waals surface area contributed by atoms with Crippen LogP contribution in [-0.4, -0.2) is 44.8 Å². The van der Waals surface area contributed by atoms with E-state index >= 15 is 0 Å². The first-order chi connectivity index (χ1) is 15.4. The molecule has 0 unspecified atom stereocenters. The number of nitrogens with one attached hydrogen (secondary N) is 4. The van der Waals surface area contributed by atoms with Gasteiger partial charge in [0.1, 0.15) is 5.69 Å². The van der Waals surface area contributed by atoms with Gasteiger partial charge in [0.25, 0.3) is 11.8 Å². The lowest BCUT2D eigenvalue weighted by molar-refractivity contribution is 0.0600. The Morgan fingerprint density at radius 3 is 2.66 bits per heavy atom. The van der Waals surface area contributed by atoms with Crippen LogP contribution in [0.5, 0.6) is 0 Å². The zero-order chi connectivity index (χ0) is 22.8. The third-order valence-corrected chi connectivity index (χ3v) is 4.90. The van der Waals surface area contributed by atoms with E-state index in [1.165, 1.54) is 13.4 Å². The van der Waals surface area contributed by atoms with Crippen LogP contribution in [0.2, 0.25) is 5.02 Å². The van der Waals surface area contributed by atoms with Gasteiger partial charge < -0.3 is 20.0 Å². The molecule has 10 nitrogen and oxygen atoms in total. The van der Waals surface area contributed by atoms with E-state index in [2.05, 4.69) is 30.6 Å². The maximum atomic E-state index is 12.8. The zero-order valence-corrected chi connectivity index (χ0v) is 17.7. The van der Waals surface area contributed by atoms with Gasteiger partial charge in [0, 0.05) is 10.7 Å². The van der Waals surface area contributed by atoms with Gasteiger partial charge in [-0.3, -0.25) is 14.9 Å². The van der Waals surface area contributed by atoms with Crippen LogP contribution < -0.4 is 10.6 Å². The number of amides is 2. The number of imidazole rings is 2. The summed E-state index contributed by atoms with van der Waals surface area (Å²) in [6.07, 6.45) is 1.25. The Balaban J connectivity index is 1.54. The molecule has 2 aromatic heterocycles. The van der Waals surface area contributed by atoms with E-state index in [9.17, 15) is 14.4 Å². The van der Waals surface area contributed by atoms with Gasteiger partial charge in [0.05, 0.1) is 30.0 Å². The highest BCUT2D eigenvalue weighted by atomic mass is 35.5. The quantitative estimate of drug-likeness (QED) is 0.341. The van der Waals surface area contributed by atoms with Gasteiger partial charge in [0.15, 0.2) is 5.69 Å². The van der Waals surface area contributed by atoms with Crippen molar-refractivity contribution in [2.45, 2.75) is 6.92 Å². The Morgan fingerprint density at radius 2 is 1.88 bits per heavy atom. The fourth-order valence-electron chi connectivity index (χ4n) is 3.03. The number of carbonyl (C=O) groups excluding carboxylic acids is 3. The molecule has 0 aliphatic rings. The first-order valence-electron chi connectivity index (χ1n) is 9.36. The molecule has 0 radical (unpaired) electrons. The highest BCUT2D eigenvalue weighted by Gasteiger charge is 2.22. The largest absolute Gasteiger partial charge is 0.465 e. The van der Waals surface area contributed by atoms with Crippen molar-refractivity contribution in [1.82, 2.24) is 19.9 Å². The number of aryl methyl sites for hydroxylation is 1. The molecule has 0 spiro atoms. The van der Waals surface area contributed by atoms with E-state index in [1.807, 2.05) is 6.92 Å². The fraction of sp³-hybridized carbons (Fsp3) is 0.0952. The minimum Gasteiger partial charge on any atom is -0.465 e. The minimum absolute atomic E-state index is 0.0436. The van der Waals surface area contributed by atoms with E-state index in [0.29, 0.717) is 27.3 Å². The van der Waals surface area contributed by atoms with Crippen LogP contribution in [-0.2, 0) is 4.74 Å². The summed E-state index contributed by atoms with van der Waals surface area (Å²) >= 11 is 5.99. The van der Waals surface area contributed by atoms with Crippen LogP contribution in [0.3, 0.4) is 0 Å². The predicted octanol–water partition coefficient (Wildman–Crippen LogP) is 3.54. The summed E-state index contributed by atoms with van der Waals surface area (Å²) in [5, 5.41) is 5.75. The van der Waals surface area contributed by atoms with Crippen LogP contribution >= 0.6 is 11.6 Å². The number of fused-ring (bicyclic) bond motifs is 1. The third-order valence-electron chi connectivity index (χ3n) is 4.66. The van der Waals surface area contributed by atoms with Gasteiger partial charge in [-0.25, -0.2) is 14.8 Å². The van der Waals surface area contributed by atoms with Crippen molar-refractivity contribution in [3.05, 3.63) is 70.3 Å². The average molecular weight is 453 g/mol. The smallest absolute Gasteiger partial charge is 0.337 e. The Hall–Kier alpha value is -4.18. The van der Waals surface area contributed by atoms with Crippen molar-refractivity contribution in [3.8, 4) is 0 Å². The molecule has 0 atom stereocenters. The molecule has 0 aliphatic carbocycles. The lowest BCUT2D eigenvalue weighted by Crippen LogP contribution is -2.21. The summed E-state index contributed by atoms with van der Waals surface area (Å²) in [6.45, 7) is 1.82. The predicted molar refractivity (Wildman–Crippen MR) is 118 cm³/mol. The number of nitrogens with zero attached hydrogens (tertiary/aromatic N) is 2. The van der Waals surface area contributed by atoms with Gasteiger partial charge in [-0.1, -0.05) is 17.7 Å². The molecule has 2 heterocycles. The van der Waals surface area contributed by atoms with E-state index in [-0.39, 0.29) is 17.3 Å². The number of halogens is 1. The molecule has 4 N–H and O–H groups in total. The van der Waals surface area contributed by atoms with Crippen molar-refractivity contribution < 1.29 is 19.1 Å². The molecule has 32 heavy (non-hydrogen) atoms. The highest BCUT2D eigenvalue weighted by molar-refractivity contribution is 6.31. The Labute approximate surface area is 186 Å². The molecular formula is C21H17ClN6O4. The summed E-state index contributed by atoms with van der Waals surface area (Å²) < 4.78 is 4.70.